The van der Waals surface area contributed by atoms with Crippen molar-refractivity contribution in [1.82, 2.24) is 26.6 Å². The highest BCUT2D eigenvalue weighted by Gasteiger charge is 2.28. The minimum absolute atomic E-state index is 0.0132. The zero-order valence-corrected chi connectivity index (χ0v) is 21.4. The van der Waals surface area contributed by atoms with E-state index in [0.717, 1.165) is 5.56 Å². The first kappa shape index (κ1) is 30.8. The molecule has 202 valence electrons. The number of carbonyl (C=O) groups excluding carboxylic acids is 6. The first-order valence-corrected chi connectivity index (χ1v) is 11.8. The standard InChI is InChI=1S/C25H36N6O6/c1-15(2)10-18(30-22(34)14-27-21(33)13-29-23(35)16(3)4)25(37)31-19(24(36)28-12-20(26)32)11-17-8-6-5-7-9-17/h5-9,15,18-19H,3,10-14H2,1-2,4H3,(H2,26,32)(H,27,33)(H,28,36)(H,29,35)(H,30,34)(H,31,37)/t18-,19-/m0/s1. The Morgan fingerprint density at radius 1 is 0.811 bits per heavy atom. The molecule has 0 bridgehead atoms. The Morgan fingerprint density at radius 2 is 1.43 bits per heavy atom. The van der Waals surface area contributed by atoms with Crippen molar-refractivity contribution in [3.05, 3.63) is 48.0 Å². The molecule has 0 aliphatic rings. The second-order valence-electron chi connectivity index (χ2n) is 8.92. The number of nitrogens with two attached hydrogens (primary N) is 1. The zero-order valence-electron chi connectivity index (χ0n) is 21.4. The predicted octanol–water partition coefficient (Wildman–Crippen LogP) is -1.35. The first-order valence-electron chi connectivity index (χ1n) is 11.8. The van der Waals surface area contributed by atoms with E-state index < -0.39 is 60.6 Å². The van der Waals surface area contributed by atoms with Crippen molar-refractivity contribution in [2.45, 2.75) is 45.7 Å². The van der Waals surface area contributed by atoms with Gasteiger partial charge in [-0.3, -0.25) is 28.8 Å². The number of primary amides is 1. The van der Waals surface area contributed by atoms with Crippen molar-refractivity contribution >= 4 is 35.4 Å². The number of benzene rings is 1. The molecular formula is C25H36N6O6. The average molecular weight is 517 g/mol. The molecule has 0 spiro atoms. The molecule has 0 aromatic heterocycles. The Hall–Kier alpha value is -4.22. The highest BCUT2D eigenvalue weighted by atomic mass is 16.2. The molecule has 0 aliphatic heterocycles. The fraction of sp³-hybridized carbons (Fsp3) is 0.440. The van der Waals surface area contributed by atoms with E-state index in [0.29, 0.717) is 0 Å². The van der Waals surface area contributed by atoms with Crippen LogP contribution in [-0.4, -0.2) is 67.2 Å². The molecule has 0 aliphatic carbocycles. The second-order valence-corrected chi connectivity index (χ2v) is 8.92. The van der Waals surface area contributed by atoms with Crippen molar-refractivity contribution in [3.8, 4) is 0 Å². The van der Waals surface area contributed by atoms with Gasteiger partial charge in [0.25, 0.3) is 0 Å². The van der Waals surface area contributed by atoms with Crippen LogP contribution >= 0.6 is 0 Å². The lowest BCUT2D eigenvalue weighted by Gasteiger charge is -2.24. The van der Waals surface area contributed by atoms with Gasteiger partial charge >= 0.3 is 0 Å². The average Bonchev–Trinajstić information content (AvgIpc) is 2.83. The maximum absolute atomic E-state index is 13.1. The Kier molecular flexibility index (Phi) is 13.1. The topological polar surface area (TPSA) is 189 Å². The molecule has 1 aromatic rings. The molecule has 0 saturated carbocycles. The monoisotopic (exact) mass is 516 g/mol. The van der Waals surface area contributed by atoms with Crippen molar-refractivity contribution in [1.29, 1.82) is 0 Å². The third kappa shape index (κ3) is 12.9. The van der Waals surface area contributed by atoms with Gasteiger partial charge in [0.15, 0.2) is 0 Å². The van der Waals surface area contributed by atoms with Crippen LogP contribution in [0.2, 0.25) is 0 Å². The molecule has 37 heavy (non-hydrogen) atoms. The minimum Gasteiger partial charge on any atom is -0.368 e. The molecule has 0 unspecified atom stereocenters. The van der Waals surface area contributed by atoms with Gasteiger partial charge in [-0.1, -0.05) is 50.8 Å². The van der Waals surface area contributed by atoms with Crippen LogP contribution in [0.15, 0.2) is 42.5 Å². The quantitative estimate of drug-likeness (QED) is 0.156. The maximum Gasteiger partial charge on any atom is 0.246 e. The van der Waals surface area contributed by atoms with Crippen molar-refractivity contribution < 1.29 is 28.8 Å². The largest absolute Gasteiger partial charge is 0.368 e. The molecule has 12 nitrogen and oxygen atoms in total. The van der Waals surface area contributed by atoms with Gasteiger partial charge in [0.2, 0.25) is 35.4 Å². The van der Waals surface area contributed by atoms with Crippen LogP contribution < -0.4 is 32.3 Å². The van der Waals surface area contributed by atoms with Crippen molar-refractivity contribution in [3.63, 3.8) is 0 Å². The molecule has 0 radical (unpaired) electrons. The highest BCUT2D eigenvalue weighted by Crippen LogP contribution is 2.08. The highest BCUT2D eigenvalue weighted by molar-refractivity contribution is 5.96. The summed E-state index contributed by atoms with van der Waals surface area (Å²) in [5.41, 5.74) is 6.12. The van der Waals surface area contributed by atoms with Gasteiger partial charge in [0.05, 0.1) is 19.6 Å². The molecule has 12 heteroatoms. The summed E-state index contributed by atoms with van der Waals surface area (Å²) in [6, 6.07) is 6.94. The Labute approximate surface area is 216 Å². The molecule has 7 N–H and O–H groups in total. The minimum atomic E-state index is -1.03. The van der Waals surface area contributed by atoms with Gasteiger partial charge in [0.1, 0.15) is 12.1 Å². The zero-order chi connectivity index (χ0) is 28.0. The summed E-state index contributed by atoms with van der Waals surface area (Å²) >= 11 is 0. The van der Waals surface area contributed by atoms with E-state index in [1.807, 2.05) is 19.9 Å². The Balaban J connectivity index is 2.82. The normalized spacial score (nSPS) is 12.0. The van der Waals surface area contributed by atoms with Gasteiger partial charge in [0, 0.05) is 12.0 Å². The van der Waals surface area contributed by atoms with Crippen molar-refractivity contribution in [2.75, 3.05) is 19.6 Å². The van der Waals surface area contributed by atoms with Gasteiger partial charge < -0.3 is 32.3 Å². The summed E-state index contributed by atoms with van der Waals surface area (Å²) in [6.07, 6.45) is 0.409. The van der Waals surface area contributed by atoms with Gasteiger partial charge in [-0.2, -0.15) is 0 Å². The summed E-state index contributed by atoms with van der Waals surface area (Å²) in [5.74, 6) is -3.63. The van der Waals surface area contributed by atoms with Crippen LogP contribution in [-0.2, 0) is 35.2 Å². The van der Waals surface area contributed by atoms with Gasteiger partial charge in [-0.25, -0.2) is 0 Å². The van der Waals surface area contributed by atoms with E-state index in [2.05, 4.69) is 33.2 Å². The summed E-state index contributed by atoms with van der Waals surface area (Å²) in [5, 5.41) is 12.3. The van der Waals surface area contributed by atoms with Crippen molar-refractivity contribution in [2.24, 2.45) is 11.7 Å². The van der Waals surface area contributed by atoms with Crippen LogP contribution in [0.3, 0.4) is 0 Å². The molecule has 6 amide bonds. The fourth-order valence-electron chi connectivity index (χ4n) is 3.13. The lowest BCUT2D eigenvalue weighted by Crippen LogP contribution is -2.56. The van der Waals surface area contributed by atoms with E-state index in [1.165, 1.54) is 6.92 Å². The maximum atomic E-state index is 13.1. The van der Waals surface area contributed by atoms with Crippen LogP contribution in [0.5, 0.6) is 0 Å². The Bertz CT molecular complexity index is 995. The van der Waals surface area contributed by atoms with E-state index >= 15 is 0 Å². The lowest BCUT2D eigenvalue weighted by atomic mass is 10.0. The molecule has 1 aromatic carbocycles. The third-order valence-corrected chi connectivity index (χ3v) is 4.95. The number of hydrogen-bond donors (Lipinski definition) is 6. The molecule has 2 atom stereocenters. The van der Waals surface area contributed by atoms with Crippen LogP contribution in [0.25, 0.3) is 0 Å². The van der Waals surface area contributed by atoms with Gasteiger partial charge in [-0.05, 0) is 24.8 Å². The van der Waals surface area contributed by atoms with E-state index in [1.54, 1.807) is 24.3 Å². The van der Waals surface area contributed by atoms with E-state index in [-0.39, 0.29) is 30.9 Å². The molecule has 0 heterocycles. The number of rotatable bonds is 15. The molecule has 1 rings (SSSR count). The number of nitrogens with one attached hydrogen (secondary N) is 5. The summed E-state index contributed by atoms with van der Waals surface area (Å²) in [4.78, 5) is 72.7. The summed E-state index contributed by atoms with van der Waals surface area (Å²) in [6.45, 7) is 7.53. The smallest absolute Gasteiger partial charge is 0.246 e. The van der Waals surface area contributed by atoms with Crippen LogP contribution in [0.1, 0.15) is 32.8 Å². The fourth-order valence-corrected chi connectivity index (χ4v) is 3.13. The Morgan fingerprint density at radius 3 is 2.00 bits per heavy atom. The SMILES string of the molecule is C=C(C)C(=O)NCC(=O)NCC(=O)N[C@@H](CC(C)C)C(=O)N[C@@H](Cc1ccccc1)C(=O)NCC(N)=O. The van der Waals surface area contributed by atoms with Crippen LogP contribution in [0.4, 0.5) is 0 Å². The molecule has 0 saturated heterocycles. The first-order chi connectivity index (χ1) is 17.4. The molecule has 0 fully saturated rings. The second kappa shape index (κ2) is 15.7. The number of hydrogen-bond acceptors (Lipinski definition) is 6. The van der Waals surface area contributed by atoms with Crippen LogP contribution in [0, 0.1) is 5.92 Å². The van der Waals surface area contributed by atoms with Gasteiger partial charge in [-0.15, -0.1) is 0 Å². The molecular weight excluding hydrogens is 480 g/mol. The number of amides is 6. The van der Waals surface area contributed by atoms with E-state index in [4.69, 9.17) is 5.73 Å². The number of carbonyl (C=O) groups is 6. The third-order valence-electron chi connectivity index (χ3n) is 4.95. The van der Waals surface area contributed by atoms with E-state index in [9.17, 15) is 28.8 Å². The summed E-state index contributed by atoms with van der Waals surface area (Å²) < 4.78 is 0. The lowest BCUT2D eigenvalue weighted by molar-refractivity contribution is -0.133. The predicted molar refractivity (Wildman–Crippen MR) is 136 cm³/mol. The summed E-state index contributed by atoms with van der Waals surface area (Å²) in [7, 11) is 0.